The Labute approximate surface area is 150 Å². The molecule has 7 heteroatoms. The molecule has 0 unspecified atom stereocenters. The van der Waals surface area contributed by atoms with Crippen molar-refractivity contribution in [3.05, 3.63) is 55.6 Å². The van der Waals surface area contributed by atoms with Gasteiger partial charge < -0.3 is 10.6 Å². The van der Waals surface area contributed by atoms with Gasteiger partial charge in [-0.15, -0.1) is 0 Å². The van der Waals surface area contributed by atoms with Crippen LogP contribution < -0.4 is 10.6 Å². The Morgan fingerprint density at radius 3 is 2.57 bits per heavy atom. The molecule has 0 fully saturated rings. The number of rotatable bonds is 3. The molecule has 110 valence electrons. The molecule has 2 aromatic rings. The molecule has 0 atom stereocenters. The maximum absolute atomic E-state index is 5.85. The van der Waals surface area contributed by atoms with Gasteiger partial charge in [-0.2, -0.15) is 0 Å². The van der Waals surface area contributed by atoms with E-state index >= 15 is 0 Å². The second kappa shape index (κ2) is 7.54. The van der Waals surface area contributed by atoms with Crippen LogP contribution in [0.5, 0.6) is 0 Å². The van der Waals surface area contributed by atoms with E-state index in [0.717, 1.165) is 25.2 Å². The van der Waals surface area contributed by atoms with E-state index in [-0.39, 0.29) is 0 Å². The number of pyridine rings is 1. The first-order valence-electron chi connectivity index (χ1n) is 6.07. The fourth-order valence-corrected chi connectivity index (χ4v) is 2.92. The molecular formula is C14H12Br2ClN3S. The summed E-state index contributed by atoms with van der Waals surface area (Å²) in [5, 5.41) is 7.44. The lowest BCUT2D eigenvalue weighted by Crippen LogP contribution is -2.28. The first-order chi connectivity index (χ1) is 9.95. The third kappa shape index (κ3) is 4.92. The average Bonchev–Trinajstić information content (AvgIpc) is 2.44. The lowest BCUT2D eigenvalue weighted by atomic mass is 10.2. The normalized spacial score (nSPS) is 10.3. The van der Waals surface area contributed by atoms with E-state index in [0.29, 0.717) is 17.5 Å². The van der Waals surface area contributed by atoms with E-state index in [1.54, 1.807) is 0 Å². The molecule has 0 amide bonds. The van der Waals surface area contributed by atoms with Crippen LogP contribution in [0.4, 0.5) is 5.82 Å². The maximum Gasteiger partial charge on any atom is 0.172 e. The number of benzene rings is 1. The number of thiocarbonyl (C=S) groups is 1. The molecule has 1 aromatic heterocycles. The Hall–Kier alpha value is -0.690. The largest absolute Gasteiger partial charge is 0.358 e. The minimum absolute atomic E-state index is 0.514. The smallest absolute Gasteiger partial charge is 0.172 e. The summed E-state index contributed by atoms with van der Waals surface area (Å²) in [5.74, 6) is 0.685. The SMILES string of the molecule is Cc1nc(NC(=S)NCc2ccc(Cl)cc2)c(Br)cc1Br. The highest BCUT2D eigenvalue weighted by atomic mass is 79.9. The summed E-state index contributed by atoms with van der Waals surface area (Å²) in [4.78, 5) is 4.43. The standard InChI is InChI=1S/C14H12Br2ClN3S/c1-8-11(15)6-12(16)13(19-8)20-14(21)18-7-9-2-4-10(17)5-3-9/h2-6H,7H2,1H3,(H2,18,19,20,21). The van der Waals surface area contributed by atoms with E-state index in [9.17, 15) is 0 Å². The fourth-order valence-electron chi connectivity index (χ4n) is 1.58. The Morgan fingerprint density at radius 2 is 1.90 bits per heavy atom. The number of nitrogens with one attached hydrogen (secondary N) is 2. The Balaban J connectivity index is 1.96. The van der Waals surface area contributed by atoms with Crippen molar-refractivity contribution in [2.24, 2.45) is 0 Å². The van der Waals surface area contributed by atoms with Gasteiger partial charge in [-0.05, 0) is 74.8 Å². The molecule has 0 spiro atoms. The number of hydrogen-bond acceptors (Lipinski definition) is 2. The molecule has 0 aliphatic carbocycles. The predicted octanol–water partition coefficient (Wildman–Crippen LogP) is 5.06. The van der Waals surface area contributed by atoms with Gasteiger partial charge in [0.15, 0.2) is 5.11 Å². The van der Waals surface area contributed by atoms with Gasteiger partial charge >= 0.3 is 0 Å². The van der Waals surface area contributed by atoms with Crippen molar-refractivity contribution < 1.29 is 0 Å². The molecule has 0 saturated carbocycles. The third-order valence-corrected chi connectivity index (χ3v) is 4.61. The van der Waals surface area contributed by atoms with Crippen molar-refractivity contribution in [1.29, 1.82) is 0 Å². The van der Waals surface area contributed by atoms with Crippen LogP contribution in [0, 0.1) is 6.92 Å². The second-order valence-electron chi connectivity index (χ2n) is 4.32. The quantitative estimate of drug-likeness (QED) is 0.643. The fraction of sp³-hybridized carbons (Fsp3) is 0.143. The van der Waals surface area contributed by atoms with Crippen LogP contribution in [0.15, 0.2) is 39.3 Å². The second-order valence-corrected chi connectivity index (χ2v) is 6.87. The molecule has 2 rings (SSSR count). The first-order valence-corrected chi connectivity index (χ1v) is 8.45. The van der Waals surface area contributed by atoms with Crippen LogP contribution in [0.25, 0.3) is 0 Å². The van der Waals surface area contributed by atoms with Gasteiger partial charge in [0.1, 0.15) is 5.82 Å². The number of hydrogen-bond donors (Lipinski definition) is 2. The molecule has 2 N–H and O–H groups in total. The summed E-state index contributed by atoms with van der Waals surface area (Å²) in [7, 11) is 0. The molecule has 3 nitrogen and oxygen atoms in total. The van der Waals surface area contributed by atoms with Crippen molar-refractivity contribution >= 4 is 66.6 Å². The molecule has 0 radical (unpaired) electrons. The van der Waals surface area contributed by atoms with Crippen LogP contribution in [0.2, 0.25) is 5.02 Å². The molecule has 0 aliphatic heterocycles. The van der Waals surface area contributed by atoms with Gasteiger partial charge in [0.05, 0.1) is 10.2 Å². The van der Waals surface area contributed by atoms with Crippen molar-refractivity contribution in [2.75, 3.05) is 5.32 Å². The van der Waals surface area contributed by atoms with Gasteiger partial charge in [0, 0.05) is 16.0 Å². The van der Waals surface area contributed by atoms with Crippen molar-refractivity contribution in [1.82, 2.24) is 10.3 Å². The van der Waals surface area contributed by atoms with Gasteiger partial charge in [-0.3, -0.25) is 0 Å². The lowest BCUT2D eigenvalue weighted by molar-refractivity contribution is 0.924. The number of halogens is 3. The average molecular weight is 450 g/mol. The molecule has 21 heavy (non-hydrogen) atoms. The Kier molecular flexibility index (Phi) is 5.98. The number of anilines is 1. The third-order valence-electron chi connectivity index (χ3n) is 2.70. The Morgan fingerprint density at radius 1 is 1.24 bits per heavy atom. The summed E-state index contributed by atoms with van der Waals surface area (Å²) < 4.78 is 1.79. The summed E-state index contributed by atoms with van der Waals surface area (Å²) in [5.41, 5.74) is 1.99. The van der Waals surface area contributed by atoms with Crippen molar-refractivity contribution in [3.63, 3.8) is 0 Å². The van der Waals surface area contributed by atoms with Crippen molar-refractivity contribution in [2.45, 2.75) is 13.5 Å². The molecule has 0 aliphatic rings. The highest BCUT2D eigenvalue weighted by Crippen LogP contribution is 2.26. The predicted molar refractivity (Wildman–Crippen MR) is 98.9 cm³/mol. The number of aromatic nitrogens is 1. The molecule has 0 saturated heterocycles. The topological polar surface area (TPSA) is 37.0 Å². The maximum atomic E-state index is 5.85. The zero-order valence-corrected chi connectivity index (χ0v) is 15.8. The van der Waals surface area contributed by atoms with E-state index in [4.69, 9.17) is 23.8 Å². The van der Waals surface area contributed by atoms with Crippen LogP contribution in [0.1, 0.15) is 11.3 Å². The summed E-state index contributed by atoms with van der Waals surface area (Å²) in [6, 6.07) is 9.55. The van der Waals surface area contributed by atoms with Gasteiger partial charge in [-0.1, -0.05) is 23.7 Å². The summed E-state index contributed by atoms with van der Waals surface area (Å²) in [6.07, 6.45) is 0. The zero-order valence-electron chi connectivity index (χ0n) is 11.1. The first kappa shape index (κ1) is 16.7. The molecule has 1 aromatic carbocycles. The molecule has 0 bridgehead atoms. The Bertz CT molecular complexity index is 662. The summed E-state index contributed by atoms with van der Waals surface area (Å²) in [6.45, 7) is 2.54. The van der Waals surface area contributed by atoms with Gasteiger partial charge in [0.25, 0.3) is 0 Å². The molecule has 1 heterocycles. The van der Waals surface area contributed by atoms with Gasteiger partial charge in [0.2, 0.25) is 0 Å². The number of nitrogens with zero attached hydrogens (tertiary/aromatic N) is 1. The van der Waals surface area contributed by atoms with Crippen LogP contribution in [0.3, 0.4) is 0 Å². The van der Waals surface area contributed by atoms with Crippen LogP contribution >= 0.6 is 55.7 Å². The summed E-state index contributed by atoms with van der Waals surface area (Å²) >= 11 is 18.0. The van der Waals surface area contributed by atoms with Gasteiger partial charge in [-0.25, -0.2) is 4.98 Å². The lowest BCUT2D eigenvalue weighted by Gasteiger charge is -2.12. The van der Waals surface area contributed by atoms with Crippen LogP contribution in [-0.4, -0.2) is 10.1 Å². The number of aryl methyl sites for hydroxylation is 1. The zero-order chi connectivity index (χ0) is 15.4. The van der Waals surface area contributed by atoms with E-state index < -0.39 is 0 Å². The van der Waals surface area contributed by atoms with Crippen LogP contribution in [-0.2, 0) is 6.54 Å². The molecular weight excluding hydrogens is 438 g/mol. The van der Waals surface area contributed by atoms with E-state index in [1.807, 2.05) is 37.3 Å². The monoisotopic (exact) mass is 447 g/mol. The highest BCUT2D eigenvalue weighted by Gasteiger charge is 2.07. The minimum Gasteiger partial charge on any atom is -0.358 e. The minimum atomic E-state index is 0.514. The van der Waals surface area contributed by atoms with E-state index in [1.165, 1.54) is 0 Å². The van der Waals surface area contributed by atoms with Crippen molar-refractivity contribution in [3.8, 4) is 0 Å². The van der Waals surface area contributed by atoms with E-state index in [2.05, 4.69) is 47.5 Å². The highest BCUT2D eigenvalue weighted by molar-refractivity contribution is 9.11.